The van der Waals surface area contributed by atoms with Gasteiger partial charge in [0.2, 0.25) is 0 Å². The second-order valence-electron chi connectivity index (χ2n) is 6.67. The van der Waals surface area contributed by atoms with E-state index in [1.807, 2.05) is 24.7 Å². The minimum atomic E-state index is 0.668. The average Bonchev–Trinajstić information content (AvgIpc) is 3.15. The zero-order valence-electron chi connectivity index (χ0n) is 14.5. The zero-order valence-corrected chi connectivity index (χ0v) is 15.3. The SMILES string of the molecule is Clc1ccc(CCCC(CCc2ccccc2)Cn2ccnc2)cc1. The van der Waals surface area contributed by atoms with Gasteiger partial charge < -0.3 is 4.57 Å². The number of imidazole rings is 1. The van der Waals surface area contributed by atoms with Gasteiger partial charge in [-0.2, -0.15) is 0 Å². The molecule has 130 valence electrons. The molecule has 0 aliphatic rings. The molecule has 0 N–H and O–H groups in total. The second kappa shape index (κ2) is 9.43. The van der Waals surface area contributed by atoms with Crippen LogP contribution in [0.3, 0.4) is 0 Å². The standard InChI is InChI=1S/C22H25ClN2/c23-22-13-11-20(12-14-22)7-4-8-21(17-25-16-15-24-18-25)10-9-19-5-2-1-3-6-19/h1-3,5-6,11-16,18,21H,4,7-10,17H2. The van der Waals surface area contributed by atoms with Crippen LogP contribution in [0.2, 0.25) is 5.02 Å². The lowest BCUT2D eigenvalue weighted by Gasteiger charge is -2.18. The molecule has 0 fully saturated rings. The molecule has 0 bridgehead atoms. The van der Waals surface area contributed by atoms with Gasteiger partial charge in [-0.1, -0.05) is 54.1 Å². The Labute approximate surface area is 155 Å². The first-order valence-corrected chi connectivity index (χ1v) is 9.41. The van der Waals surface area contributed by atoms with Crippen molar-refractivity contribution < 1.29 is 0 Å². The van der Waals surface area contributed by atoms with E-state index in [2.05, 4.69) is 58.2 Å². The van der Waals surface area contributed by atoms with Crippen LogP contribution in [0, 0.1) is 5.92 Å². The highest BCUT2D eigenvalue weighted by molar-refractivity contribution is 6.30. The topological polar surface area (TPSA) is 17.8 Å². The Morgan fingerprint density at radius 2 is 1.64 bits per heavy atom. The fourth-order valence-corrected chi connectivity index (χ4v) is 3.41. The molecule has 25 heavy (non-hydrogen) atoms. The van der Waals surface area contributed by atoms with E-state index in [0.717, 1.165) is 24.4 Å². The van der Waals surface area contributed by atoms with Gasteiger partial charge in [0.15, 0.2) is 0 Å². The first-order chi connectivity index (χ1) is 12.3. The van der Waals surface area contributed by atoms with Crippen LogP contribution in [0.1, 0.15) is 30.4 Å². The Bertz CT molecular complexity index is 720. The molecule has 2 aromatic carbocycles. The Balaban J connectivity index is 1.53. The van der Waals surface area contributed by atoms with Gasteiger partial charge in [-0.25, -0.2) is 4.98 Å². The van der Waals surface area contributed by atoms with Gasteiger partial charge in [-0.3, -0.25) is 0 Å². The third kappa shape index (κ3) is 6.06. The summed E-state index contributed by atoms with van der Waals surface area (Å²) in [7, 11) is 0. The summed E-state index contributed by atoms with van der Waals surface area (Å²) < 4.78 is 2.21. The first kappa shape index (κ1) is 17.8. The molecule has 0 spiro atoms. The number of benzene rings is 2. The fraction of sp³-hybridized carbons (Fsp3) is 0.318. The van der Waals surface area contributed by atoms with Crippen molar-refractivity contribution in [2.45, 2.75) is 38.6 Å². The lowest BCUT2D eigenvalue weighted by Crippen LogP contribution is -2.11. The van der Waals surface area contributed by atoms with Crippen molar-refractivity contribution in [2.75, 3.05) is 0 Å². The minimum absolute atomic E-state index is 0.668. The summed E-state index contributed by atoms with van der Waals surface area (Å²) in [6.07, 6.45) is 11.8. The second-order valence-corrected chi connectivity index (χ2v) is 7.10. The molecular formula is C22H25ClN2. The van der Waals surface area contributed by atoms with E-state index in [4.69, 9.17) is 11.6 Å². The summed E-state index contributed by atoms with van der Waals surface area (Å²) in [6.45, 7) is 1.05. The maximum absolute atomic E-state index is 5.97. The van der Waals surface area contributed by atoms with Crippen molar-refractivity contribution >= 4 is 11.6 Å². The first-order valence-electron chi connectivity index (χ1n) is 9.04. The molecular weight excluding hydrogens is 328 g/mol. The average molecular weight is 353 g/mol. The third-order valence-electron chi connectivity index (χ3n) is 4.70. The smallest absolute Gasteiger partial charge is 0.0945 e. The number of aromatic nitrogens is 2. The van der Waals surface area contributed by atoms with Gasteiger partial charge in [0.25, 0.3) is 0 Å². The summed E-state index contributed by atoms with van der Waals surface area (Å²) in [4.78, 5) is 4.18. The van der Waals surface area contributed by atoms with Crippen molar-refractivity contribution in [2.24, 2.45) is 5.92 Å². The molecule has 1 atom stereocenters. The van der Waals surface area contributed by atoms with Crippen molar-refractivity contribution in [3.05, 3.63) is 89.5 Å². The van der Waals surface area contributed by atoms with Gasteiger partial charge in [-0.05, 0) is 61.3 Å². The van der Waals surface area contributed by atoms with Gasteiger partial charge >= 0.3 is 0 Å². The Morgan fingerprint density at radius 1 is 0.880 bits per heavy atom. The van der Waals surface area contributed by atoms with E-state index >= 15 is 0 Å². The molecule has 3 aromatic rings. The van der Waals surface area contributed by atoms with E-state index in [1.165, 1.54) is 30.4 Å². The summed E-state index contributed by atoms with van der Waals surface area (Å²) >= 11 is 5.97. The summed E-state index contributed by atoms with van der Waals surface area (Å²) in [5, 5.41) is 0.810. The van der Waals surface area contributed by atoms with Crippen LogP contribution in [0.15, 0.2) is 73.3 Å². The molecule has 1 aromatic heterocycles. The fourth-order valence-electron chi connectivity index (χ4n) is 3.28. The van der Waals surface area contributed by atoms with Gasteiger partial charge in [0.1, 0.15) is 0 Å². The van der Waals surface area contributed by atoms with Gasteiger partial charge in [0, 0.05) is 24.0 Å². The molecule has 0 saturated carbocycles. The highest BCUT2D eigenvalue weighted by Crippen LogP contribution is 2.20. The molecule has 3 rings (SSSR count). The molecule has 0 aliphatic carbocycles. The zero-order chi connectivity index (χ0) is 17.3. The molecule has 3 heteroatoms. The predicted octanol–water partition coefficient (Wildman–Crippen LogP) is 5.81. The Morgan fingerprint density at radius 3 is 2.36 bits per heavy atom. The number of hydrogen-bond donors (Lipinski definition) is 0. The van der Waals surface area contributed by atoms with Gasteiger partial charge in [-0.15, -0.1) is 0 Å². The predicted molar refractivity (Wildman–Crippen MR) is 105 cm³/mol. The van der Waals surface area contributed by atoms with E-state index in [0.29, 0.717) is 5.92 Å². The highest BCUT2D eigenvalue weighted by atomic mass is 35.5. The highest BCUT2D eigenvalue weighted by Gasteiger charge is 2.10. The summed E-state index contributed by atoms with van der Waals surface area (Å²) in [6, 6.07) is 19.0. The molecule has 0 aliphatic heterocycles. The molecule has 0 radical (unpaired) electrons. The van der Waals surface area contributed by atoms with E-state index in [9.17, 15) is 0 Å². The van der Waals surface area contributed by atoms with Crippen LogP contribution in [-0.4, -0.2) is 9.55 Å². The van der Waals surface area contributed by atoms with E-state index in [1.54, 1.807) is 0 Å². The van der Waals surface area contributed by atoms with Crippen LogP contribution >= 0.6 is 11.6 Å². The van der Waals surface area contributed by atoms with Gasteiger partial charge in [0.05, 0.1) is 6.33 Å². The van der Waals surface area contributed by atoms with Crippen LogP contribution in [0.4, 0.5) is 0 Å². The van der Waals surface area contributed by atoms with Crippen LogP contribution in [-0.2, 0) is 19.4 Å². The molecule has 1 heterocycles. The molecule has 2 nitrogen and oxygen atoms in total. The van der Waals surface area contributed by atoms with Crippen LogP contribution in [0.5, 0.6) is 0 Å². The maximum atomic E-state index is 5.97. The van der Waals surface area contributed by atoms with Crippen LogP contribution in [0.25, 0.3) is 0 Å². The largest absolute Gasteiger partial charge is 0.337 e. The number of hydrogen-bond acceptors (Lipinski definition) is 1. The summed E-state index contributed by atoms with van der Waals surface area (Å²) in [5.74, 6) is 0.668. The lowest BCUT2D eigenvalue weighted by atomic mass is 9.93. The van der Waals surface area contributed by atoms with Crippen molar-refractivity contribution in [3.8, 4) is 0 Å². The van der Waals surface area contributed by atoms with Crippen molar-refractivity contribution in [1.82, 2.24) is 9.55 Å². The quantitative estimate of drug-likeness (QED) is 0.475. The maximum Gasteiger partial charge on any atom is 0.0945 e. The van der Waals surface area contributed by atoms with E-state index in [-0.39, 0.29) is 0 Å². The normalized spacial score (nSPS) is 12.2. The lowest BCUT2D eigenvalue weighted by molar-refractivity contribution is 0.379. The molecule has 0 amide bonds. The summed E-state index contributed by atoms with van der Waals surface area (Å²) in [5.41, 5.74) is 2.80. The van der Waals surface area contributed by atoms with Crippen LogP contribution < -0.4 is 0 Å². The Kier molecular flexibility index (Phi) is 6.70. The van der Waals surface area contributed by atoms with Crippen molar-refractivity contribution in [3.63, 3.8) is 0 Å². The number of rotatable bonds is 9. The molecule has 0 saturated heterocycles. The Hall–Kier alpha value is -2.06. The monoisotopic (exact) mass is 352 g/mol. The number of nitrogens with zero attached hydrogens (tertiary/aromatic N) is 2. The molecule has 1 unspecified atom stereocenters. The third-order valence-corrected chi connectivity index (χ3v) is 4.96. The van der Waals surface area contributed by atoms with E-state index < -0.39 is 0 Å². The number of aryl methyl sites for hydroxylation is 2. The number of halogens is 1. The minimum Gasteiger partial charge on any atom is -0.337 e. The van der Waals surface area contributed by atoms with Crippen molar-refractivity contribution in [1.29, 1.82) is 0 Å².